The van der Waals surface area contributed by atoms with E-state index >= 15 is 0 Å². The van der Waals surface area contributed by atoms with E-state index in [1.54, 1.807) is 0 Å². The summed E-state index contributed by atoms with van der Waals surface area (Å²) in [5, 5.41) is 23.4. The summed E-state index contributed by atoms with van der Waals surface area (Å²) in [6, 6.07) is 13.9. The number of nitrogens with one attached hydrogen (secondary N) is 2. The molecule has 1 saturated carbocycles. The zero-order valence-electron chi connectivity index (χ0n) is 18.2. The number of aliphatic hydroxyl groups excluding tert-OH is 1. The third-order valence-electron chi connectivity index (χ3n) is 6.55. The molecule has 2 aliphatic carbocycles. The van der Waals surface area contributed by atoms with Gasteiger partial charge in [0.25, 0.3) is 0 Å². The Bertz CT molecular complexity index is 990. The monoisotopic (exact) mass is 452 g/mol. The van der Waals surface area contributed by atoms with E-state index in [4.69, 9.17) is 9.84 Å². The maximum atomic E-state index is 12.8. The summed E-state index contributed by atoms with van der Waals surface area (Å²) in [7, 11) is 0. The minimum Gasteiger partial charge on any atom is -0.480 e. The quantitative estimate of drug-likeness (QED) is 0.464. The Morgan fingerprint density at radius 2 is 1.58 bits per heavy atom. The van der Waals surface area contributed by atoms with Crippen LogP contribution >= 0.6 is 0 Å². The number of hydrogen-bond acceptors (Lipinski definition) is 5. The van der Waals surface area contributed by atoms with Crippen LogP contribution in [0.5, 0.6) is 0 Å². The van der Waals surface area contributed by atoms with E-state index < -0.39 is 30.1 Å². The Kier molecular flexibility index (Phi) is 6.93. The lowest BCUT2D eigenvalue weighted by Crippen LogP contribution is -2.56. The molecule has 8 nitrogen and oxygen atoms in total. The van der Waals surface area contributed by atoms with Crippen LogP contribution in [0.3, 0.4) is 0 Å². The predicted octanol–water partition coefficient (Wildman–Crippen LogP) is 2.65. The first-order chi connectivity index (χ1) is 16.0. The zero-order valence-corrected chi connectivity index (χ0v) is 18.2. The standard InChI is InChI=1S/C25H28N2O6/c28-13-12-21(24(30)31)26-23(29)22(15-6-5-7-15)27-25(32)33-14-20-18-10-3-1-8-16(18)17-9-2-4-11-19(17)20/h1-4,8-11,15,20-22,28H,5-7,12-14H2,(H,26,29)(H,27,32)(H,30,31)/t21-,22?/m1/s1. The Labute approximate surface area is 192 Å². The number of rotatable bonds is 9. The predicted molar refractivity (Wildman–Crippen MR) is 121 cm³/mol. The normalized spacial score (nSPS) is 16.6. The number of aliphatic hydroxyl groups is 1. The van der Waals surface area contributed by atoms with Crippen molar-refractivity contribution in [3.05, 3.63) is 59.7 Å². The van der Waals surface area contributed by atoms with Crippen LogP contribution in [0, 0.1) is 5.92 Å². The van der Waals surface area contributed by atoms with Gasteiger partial charge in [0.05, 0.1) is 0 Å². The summed E-state index contributed by atoms with van der Waals surface area (Å²) in [5.74, 6) is -1.98. The van der Waals surface area contributed by atoms with Gasteiger partial charge in [-0.05, 0) is 41.0 Å². The van der Waals surface area contributed by atoms with Gasteiger partial charge in [-0.2, -0.15) is 0 Å². The summed E-state index contributed by atoms with van der Waals surface area (Å²) < 4.78 is 5.55. The molecule has 4 N–H and O–H groups in total. The number of carbonyl (C=O) groups is 3. The molecule has 0 saturated heterocycles. The molecule has 2 amide bonds. The third kappa shape index (κ3) is 4.85. The van der Waals surface area contributed by atoms with Gasteiger partial charge in [0, 0.05) is 18.9 Å². The number of carbonyl (C=O) groups excluding carboxylic acids is 2. The van der Waals surface area contributed by atoms with E-state index in [-0.39, 0.29) is 31.5 Å². The maximum absolute atomic E-state index is 12.8. The molecule has 8 heteroatoms. The van der Waals surface area contributed by atoms with Gasteiger partial charge < -0.3 is 25.6 Å². The first kappa shape index (κ1) is 22.8. The SMILES string of the molecule is O=C(NC(C(=O)N[C@H](CCO)C(=O)O)C1CCC1)OCC1c2ccccc2-c2ccccc21. The summed E-state index contributed by atoms with van der Waals surface area (Å²) in [6.07, 6.45) is 1.65. The van der Waals surface area contributed by atoms with Crippen LogP contribution in [0.15, 0.2) is 48.5 Å². The van der Waals surface area contributed by atoms with E-state index in [9.17, 15) is 19.5 Å². The second-order valence-electron chi connectivity index (χ2n) is 8.55. The lowest BCUT2D eigenvalue weighted by atomic mass is 9.79. The van der Waals surface area contributed by atoms with Gasteiger partial charge in [-0.1, -0.05) is 55.0 Å². The van der Waals surface area contributed by atoms with Gasteiger partial charge in [0.15, 0.2) is 0 Å². The number of carboxylic acids is 1. The topological polar surface area (TPSA) is 125 Å². The van der Waals surface area contributed by atoms with Gasteiger partial charge in [0.2, 0.25) is 5.91 Å². The fraction of sp³-hybridized carbons (Fsp3) is 0.400. The first-order valence-corrected chi connectivity index (χ1v) is 11.2. The molecule has 0 aliphatic heterocycles. The highest BCUT2D eigenvalue weighted by Crippen LogP contribution is 2.44. The molecule has 2 atom stereocenters. The molecular formula is C25H28N2O6. The largest absolute Gasteiger partial charge is 0.480 e. The minimum absolute atomic E-state index is 0.0750. The van der Waals surface area contributed by atoms with E-state index in [0.29, 0.717) is 0 Å². The highest BCUT2D eigenvalue weighted by Gasteiger charge is 2.36. The number of alkyl carbamates (subject to hydrolysis) is 1. The highest BCUT2D eigenvalue weighted by atomic mass is 16.5. The smallest absolute Gasteiger partial charge is 0.407 e. The fourth-order valence-corrected chi connectivity index (χ4v) is 4.59. The molecule has 2 aromatic rings. The molecule has 1 fully saturated rings. The van der Waals surface area contributed by atoms with E-state index in [2.05, 4.69) is 22.8 Å². The molecule has 33 heavy (non-hydrogen) atoms. The van der Waals surface area contributed by atoms with E-state index in [1.807, 2.05) is 36.4 Å². The maximum Gasteiger partial charge on any atom is 0.407 e. The number of amides is 2. The second kappa shape index (κ2) is 10.0. The van der Waals surface area contributed by atoms with Crippen LogP contribution in [0.2, 0.25) is 0 Å². The van der Waals surface area contributed by atoms with Crippen molar-refractivity contribution in [1.82, 2.24) is 10.6 Å². The van der Waals surface area contributed by atoms with Crippen molar-refractivity contribution in [1.29, 1.82) is 0 Å². The number of ether oxygens (including phenoxy) is 1. The summed E-state index contributed by atoms with van der Waals surface area (Å²) in [5.41, 5.74) is 4.43. The molecule has 0 radical (unpaired) electrons. The van der Waals surface area contributed by atoms with Crippen LogP contribution in [0.25, 0.3) is 11.1 Å². The Morgan fingerprint density at radius 1 is 0.970 bits per heavy atom. The van der Waals surface area contributed by atoms with Gasteiger partial charge in [-0.15, -0.1) is 0 Å². The number of carboxylic acid groups (broad SMARTS) is 1. The van der Waals surface area contributed by atoms with Crippen LogP contribution in [0.1, 0.15) is 42.7 Å². The zero-order chi connectivity index (χ0) is 23.4. The van der Waals surface area contributed by atoms with Crippen molar-refractivity contribution in [2.45, 2.75) is 43.7 Å². The van der Waals surface area contributed by atoms with Crippen molar-refractivity contribution < 1.29 is 29.3 Å². The summed E-state index contributed by atoms with van der Waals surface area (Å²) in [6.45, 7) is -0.244. The highest BCUT2D eigenvalue weighted by molar-refractivity contribution is 5.89. The van der Waals surface area contributed by atoms with Gasteiger partial charge >= 0.3 is 12.1 Å². The average Bonchev–Trinajstić information content (AvgIpc) is 3.09. The van der Waals surface area contributed by atoms with Crippen molar-refractivity contribution >= 4 is 18.0 Å². The molecule has 174 valence electrons. The molecule has 0 heterocycles. The first-order valence-electron chi connectivity index (χ1n) is 11.2. The number of aliphatic carboxylic acids is 1. The number of hydrogen-bond donors (Lipinski definition) is 4. The second-order valence-corrected chi connectivity index (χ2v) is 8.55. The number of fused-ring (bicyclic) bond motifs is 3. The Morgan fingerprint density at radius 3 is 2.09 bits per heavy atom. The molecule has 4 rings (SSSR count). The van der Waals surface area contributed by atoms with Crippen LogP contribution in [0.4, 0.5) is 4.79 Å². The van der Waals surface area contributed by atoms with Gasteiger partial charge in [-0.3, -0.25) is 4.79 Å². The van der Waals surface area contributed by atoms with Crippen molar-refractivity contribution in [2.24, 2.45) is 5.92 Å². The van der Waals surface area contributed by atoms with Crippen molar-refractivity contribution in [2.75, 3.05) is 13.2 Å². The van der Waals surface area contributed by atoms with Gasteiger partial charge in [0.1, 0.15) is 18.7 Å². The Hall–Kier alpha value is -3.39. The third-order valence-corrected chi connectivity index (χ3v) is 6.55. The van der Waals surface area contributed by atoms with Gasteiger partial charge in [-0.25, -0.2) is 9.59 Å². The van der Waals surface area contributed by atoms with Crippen LogP contribution in [-0.2, 0) is 14.3 Å². The minimum atomic E-state index is -1.23. The summed E-state index contributed by atoms with van der Waals surface area (Å²) in [4.78, 5) is 36.8. The molecule has 0 bridgehead atoms. The van der Waals surface area contributed by atoms with Crippen LogP contribution < -0.4 is 10.6 Å². The van der Waals surface area contributed by atoms with Crippen molar-refractivity contribution in [3.63, 3.8) is 0 Å². The fourth-order valence-electron chi connectivity index (χ4n) is 4.59. The number of benzene rings is 2. The molecular weight excluding hydrogens is 424 g/mol. The lowest BCUT2D eigenvalue weighted by Gasteiger charge is -2.33. The molecule has 2 aromatic carbocycles. The van der Waals surface area contributed by atoms with E-state index in [1.165, 1.54) is 0 Å². The van der Waals surface area contributed by atoms with Crippen molar-refractivity contribution in [3.8, 4) is 11.1 Å². The molecule has 2 aliphatic rings. The lowest BCUT2D eigenvalue weighted by molar-refractivity contribution is -0.142. The molecule has 0 aromatic heterocycles. The van der Waals surface area contributed by atoms with Crippen LogP contribution in [-0.4, -0.2) is 53.5 Å². The average molecular weight is 453 g/mol. The van der Waals surface area contributed by atoms with E-state index in [0.717, 1.165) is 41.5 Å². The summed E-state index contributed by atoms with van der Waals surface area (Å²) >= 11 is 0. The molecule has 0 spiro atoms. The Balaban J connectivity index is 1.41. The molecule has 1 unspecified atom stereocenters.